The Labute approximate surface area is 124 Å². The van der Waals surface area contributed by atoms with Gasteiger partial charge in [-0.3, -0.25) is 14.4 Å². The van der Waals surface area contributed by atoms with Crippen molar-refractivity contribution in [1.82, 2.24) is 4.90 Å². The molecule has 0 saturated heterocycles. The Morgan fingerprint density at radius 1 is 1.33 bits per heavy atom. The molecule has 118 valence electrons. The summed E-state index contributed by atoms with van der Waals surface area (Å²) in [4.78, 5) is 37.1. The number of rotatable bonds is 8. The molecule has 0 spiro atoms. The number of nitrogens with zero attached hydrogens (tertiary/aromatic N) is 1. The van der Waals surface area contributed by atoms with E-state index in [-0.39, 0.29) is 25.2 Å². The third kappa shape index (κ3) is 2.98. The second-order valence-corrected chi connectivity index (χ2v) is 4.68. The average Bonchev–Trinajstić information content (AvgIpc) is 2.68. The fraction of sp³-hybridized carbons (Fsp3) is 0.643. The van der Waals surface area contributed by atoms with Crippen LogP contribution in [0.4, 0.5) is 0 Å². The summed E-state index contributed by atoms with van der Waals surface area (Å²) < 4.78 is 11.0. The Kier molecular flexibility index (Phi) is 5.62. The molecule has 2 unspecified atom stereocenters. The number of hydrogen-bond acceptors (Lipinski definition) is 5. The predicted octanol–water partition coefficient (Wildman–Crippen LogP) is 0.335. The molecule has 0 bridgehead atoms. The molecule has 0 saturated carbocycles. The summed E-state index contributed by atoms with van der Waals surface area (Å²) in [6.45, 7) is 7.04. The van der Waals surface area contributed by atoms with Gasteiger partial charge in [0, 0.05) is 24.9 Å². The molecule has 1 aliphatic heterocycles. The first-order valence-electron chi connectivity index (χ1n) is 6.97. The van der Waals surface area contributed by atoms with E-state index in [1.807, 2.05) is 0 Å². The van der Waals surface area contributed by atoms with Crippen molar-refractivity contribution in [1.29, 1.82) is 0 Å². The first kappa shape index (κ1) is 17.3. The van der Waals surface area contributed by atoms with Crippen LogP contribution >= 0.6 is 0 Å². The van der Waals surface area contributed by atoms with Crippen molar-refractivity contribution in [3.63, 3.8) is 0 Å². The van der Waals surface area contributed by atoms with Gasteiger partial charge in [-0.15, -0.1) is 0 Å². The van der Waals surface area contributed by atoms with Gasteiger partial charge in [-0.2, -0.15) is 0 Å². The highest BCUT2D eigenvalue weighted by atomic mass is 16.6. The molecular formula is C14H22N2O5. The van der Waals surface area contributed by atoms with E-state index in [1.54, 1.807) is 20.8 Å². The first-order chi connectivity index (χ1) is 9.85. The van der Waals surface area contributed by atoms with Crippen molar-refractivity contribution >= 4 is 17.7 Å². The van der Waals surface area contributed by atoms with Crippen LogP contribution in [-0.4, -0.2) is 47.7 Å². The lowest BCUT2D eigenvalue weighted by Crippen LogP contribution is -2.64. The largest absolute Gasteiger partial charge is 0.367 e. The van der Waals surface area contributed by atoms with Crippen molar-refractivity contribution in [2.24, 2.45) is 5.73 Å². The maximum Gasteiger partial charge on any atom is 0.259 e. The van der Waals surface area contributed by atoms with Gasteiger partial charge in [-0.05, 0) is 27.2 Å². The number of ether oxygens (including phenoxy) is 2. The number of carbonyl (C=O) groups is 3. The van der Waals surface area contributed by atoms with Gasteiger partial charge < -0.3 is 15.2 Å². The fourth-order valence-corrected chi connectivity index (χ4v) is 2.50. The van der Waals surface area contributed by atoms with Gasteiger partial charge in [0.2, 0.25) is 0 Å². The fourth-order valence-electron chi connectivity index (χ4n) is 2.50. The minimum Gasteiger partial charge on any atom is -0.367 e. The normalized spacial score (nSPS) is 19.4. The molecule has 0 radical (unpaired) electrons. The highest BCUT2D eigenvalue weighted by Gasteiger charge is 2.53. The van der Waals surface area contributed by atoms with Crippen LogP contribution in [0.15, 0.2) is 11.6 Å². The third-order valence-corrected chi connectivity index (χ3v) is 3.38. The second-order valence-electron chi connectivity index (χ2n) is 4.68. The van der Waals surface area contributed by atoms with E-state index < -0.39 is 29.6 Å². The zero-order valence-corrected chi connectivity index (χ0v) is 12.8. The molecule has 0 aliphatic carbocycles. The summed E-state index contributed by atoms with van der Waals surface area (Å²) >= 11 is 0. The van der Waals surface area contributed by atoms with E-state index >= 15 is 0 Å². The molecule has 0 fully saturated rings. The van der Waals surface area contributed by atoms with E-state index in [0.29, 0.717) is 0 Å². The van der Waals surface area contributed by atoms with Crippen LogP contribution < -0.4 is 5.73 Å². The van der Waals surface area contributed by atoms with Gasteiger partial charge in [-0.1, -0.05) is 6.92 Å². The van der Waals surface area contributed by atoms with Crippen molar-refractivity contribution in [2.75, 3.05) is 13.2 Å². The standard InChI is InChI=1S/C14H22N2O5/c1-5-14(21-7-3,11(12(15)18)20-6-2)16-10(17)8-9(4)13(16)19/h8,11H,5-7H2,1-4H3,(H2,15,18). The van der Waals surface area contributed by atoms with Gasteiger partial charge >= 0.3 is 0 Å². The maximum atomic E-state index is 12.3. The summed E-state index contributed by atoms with van der Waals surface area (Å²) in [5, 5.41) is 0. The minimum atomic E-state index is -1.53. The highest BCUT2D eigenvalue weighted by molar-refractivity contribution is 6.16. The molecule has 0 aromatic carbocycles. The second kappa shape index (κ2) is 6.82. The molecule has 0 aromatic heterocycles. The van der Waals surface area contributed by atoms with E-state index in [0.717, 1.165) is 4.90 Å². The van der Waals surface area contributed by atoms with Crippen LogP contribution in [0.5, 0.6) is 0 Å². The lowest BCUT2D eigenvalue weighted by atomic mass is 9.99. The van der Waals surface area contributed by atoms with E-state index in [1.165, 1.54) is 13.0 Å². The Morgan fingerprint density at radius 3 is 2.29 bits per heavy atom. The smallest absolute Gasteiger partial charge is 0.259 e. The number of nitrogens with two attached hydrogens (primary N) is 1. The molecule has 3 amide bonds. The zero-order chi connectivity index (χ0) is 16.2. The third-order valence-electron chi connectivity index (χ3n) is 3.38. The minimum absolute atomic E-state index is 0.188. The van der Waals surface area contributed by atoms with E-state index in [9.17, 15) is 14.4 Å². The van der Waals surface area contributed by atoms with Crippen molar-refractivity contribution < 1.29 is 23.9 Å². The molecule has 21 heavy (non-hydrogen) atoms. The van der Waals surface area contributed by atoms with E-state index in [2.05, 4.69) is 0 Å². The molecule has 7 heteroatoms. The number of hydrogen-bond donors (Lipinski definition) is 1. The number of primary amides is 1. The Bertz CT molecular complexity index is 474. The Balaban J connectivity index is 3.35. The van der Waals surface area contributed by atoms with Crippen LogP contribution in [0.25, 0.3) is 0 Å². The molecule has 7 nitrogen and oxygen atoms in total. The zero-order valence-electron chi connectivity index (χ0n) is 12.8. The topological polar surface area (TPSA) is 98.9 Å². The number of amides is 3. The summed E-state index contributed by atoms with van der Waals surface area (Å²) in [7, 11) is 0. The van der Waals surface area contributed by atoms with Crippen LogP contribution in [0, 0.1) is 0 Å². The van der Waals surface area contributed by atoms with Crippen molar-refractivity contribution in [3.8, 4) is 0 Å². The molecule has 1 heterocycles. The number of imide groups is 1. The molecule has 2 atom stereocenters. The molecule has 1 rings (SSSR count). The summed E-state index contributed by atoms with van der Waals surface area (Å²) in [5.74, 6) is -1.81. The SMILES string of the molecule is CCOC(C(N)=O)C(CC)(OCC)N1C(=O)C=C(C)C1=O. The van der Waals surface area contributed by atoms with Crippen molar-refractivity contribution in [2.45, 2.75) is 45.9 Å². The molecule has 1 aliphatic rings. The lowest BCUT2D eigenvalue weighted by Gasteiger charge is -2.43. The maximum absolute atomic E-state index is 12.3. The monoisotopic (exact) mass is 298 g/mol. The summed E-state index contributed by atoms with van der Waals surface area (Å²) in [6.07, 6.45) is 0.183. The van der Waals surface area contributed by atoms with Crippen LogP contribution in [0.1, 0.15) is 34.1 Å². The van der Waals surface area contributed by atoms with Gasteiger partial charge in [-0.25, -0.2) is 4.90 Å². The van der Waals surface area contributed by atoms with Crippen molar-refractivity contribution in [3.05, 3.63) is 11.6 Å². The lowest BCUT2D eigenvalue weighted by molar-refractivity contribution is -0.217. The Hall–Kier alpha value is -1.73. The average molecular weight is 298 g/mol. The molecular weight excluding hydrogens is 276 g/mol. The van der Waals surface area contributed by atoms with Gasteiger partial charge in [0.05, 0.1) is 0 Å². The van der Waals surface area contributed by atoms with Gasteiger partial charge in [0.1, 0.15) is 0 Å². The Morgan fingerprint density at radius 2 is 1.95 bits per heavy atom. The number of carbonyl (C=O) groups excluding carboxylic acids is 3. The van der Waals surface area contributed by atoms with Gasteiger partial charge in [0.25, 0.3) is 17.7 Å². The first-order valence-corrected chi connectivity index (χ1v) is 6.97. The molecule has 2 N–H and O–H groups in total. The van der Waals surface area contributed by atoms with Gasteiger partial charge in [0.15, 0.2) is 11.8 Å². The van der Waals surface area contributed by atoms with Crippen LogP contribution in [0.3, 0.4) is 0 Å². The highest BCUT2D eigenvalue weighted by Crippen LogP contribution is 2.32. The summed E-state index contributed by atoms with van der Waals surface area (Å²) in [5.41, 5.74) is 4.16. The predicted molar refractivity (Wildman–Crippen MR) is 74.9 cm³/mol. The quantitative estimate of drug-likeness (QED) is 0.651. The van der Waals surface area contributed by atoms with Crippen LogP contribution in [0.2, 0.25) is 0 Å². The molecule has 0 aromatic rings. The summed E-state index contributed by atoms with van der Waals surface area (Å²) in [6, 6.07) is 0. The van der Waals surface area contributed by atoms with E-state index in [4.69, 9.17) is 15.2 Å². The van der Waals surface area contributed by atoms with Crippen LogP contribution in [-0.2, 0) is 23.9 Å².